The summed E-state index contributed by atoms with van der Waals surface area (Å²) in [7, 11) is 0. The number of halogens is 2. The molecule has 2 aromatic rings. The van der Waals surface area contributed by atoms with E-state index >= 15 is 0 Å². The van der Waals surface area contributed by atoms with Crippen LogP contribution in [0.5, 0.6) is 0 Å². The number of carbonyl (C=O) groups excluding carboxylic acids is 2. The van der Waals surface area contributed by atoms with Crippen LogP contribution in [0.3, 0.4) is 0 Å². The summed E-state index contributed by atoms with van der Waals surface area (Å²) >= 11 is 5.38. The van der Waals surface area contributed by atoms with E-state index in [1.54, 1.807) is 12.3 Å². The lowest BCUT2D eigenvalue weighted by Gasteiger charge is -2.10. The Labute approximate surface area is 178 Å². The number of rotatable bonds is 10. The second kappa shape index (κ2) is 10.9. The van der Waals surface area contributed by atoms with Crippen LogP contribution in [0.15, 0.2) is 84.7 Å². The highest BCUT2D eigenvalue weighted by Gasteiger charge is 2.09. The predicted molar refractivity (Wildman–Crippen MR) is 115 cm³/mol. The van der Waals surface area contributed by atoms with Gasteiger partial charge in [-0.2, -0.15) is 0 Å². The van der Waals surface area contributed by atoms with Crippen LogP contribution in [0, 0.1) is 0 Å². The minimum absolute atomic E-state index is 0.0785. The molecule has 1 aromatic heterocycles. The molecule has 0 saturated carbocycles. The van der Waals surface area contributed by atoms with E-state index in [9.17, 15) is 14.0 Å². The van der Waals surface area contributed by atoms with Crippen LogP contribution in [0.25, 0.3) is 10.8 Å². The molecule has 1 heterocycles. The summed E-state index contributed by atoms with van der Waals surface area (Å²) in [6.07, 6.45) is 2.88. The van der Waals surface area contributed by atoms with Gasteiger partial charge in [0.25, 0.3) is 11.8 Å². The third kappa shape index (κ3) is 7.18. The Hall–Kier alpha value is -3.45. The predicted octanol–water partition coefficient (Wildman–Crippen LogP) is 4.12. The van der Waals surface area contributed by atoms with Crippen LogP contribution in [-0.4, -0.2) is 29.9 Å². The molecular weight excluding hydrogens is 409 g/mol. The highest BCUT2D eigenvalue weighted by atomic mass is 35.5. The molecule has 2 amide bonds. The normalized spacial score (nSPS) is 10.9. The van der Waals surface area contributed by atoms with Crippen molar-refractivity contribution in [3.05, 3.63) is 90.4 Å². The molecule has 2 rings (SSSR count). The van der Waals surface area contributed by atoms with Crippen molar-refractivity contribution in [3.63, 3.8) is 0 Å². The smallest absolute Gasteiger partial charge is 0.269 e. The first-order chi connectivity index (χ1) is 14.3. The fourth-order valence-corrected chi connectivity index (χ4v) is 2.40. The third-order valence-electron chi connectivity index (χ3n) is 3.83. The van der Waals surface area contributed by atoms with Crippen LogP contribution in [-0.2, 0) is 9.53 Å². The number of fused-ring (bicyclic) bond motifs is 1. The van der Waals surface area contributed by atoms with Crippen LogP contribution in [0.2, 0.25) is 0 Å². The molecule has 0 aliphatic rings. The molecule has 0 unspecified atom stereocenters. The number of nitrogens with zero attached hydrogens (tertiary/aromatic N) is 1. The van der Waals surface area contributed by atoms with Crippen molar-refractivity contribution < 1.29 is 18.7 Å². The zero-order valence-electron chi connectivity index (χ0n) is 16.2. The van der Waals surface area contributed by atoms with Gasteiger partial charge in [0.1, 0.15) is 17.3 Å². The molecule has 8 heteroatoms. The Morgan fingerprint density at radius 1 is 1.20 bits per heavy atom. The van der Waals surface area contributed by atoms with Gasteiger partial charge in [-0.1, -0.05) is 55.6 Å². The van der Waals surface area contributed by atoms with E-state index in [1.165, 1.54) is 0 Å². The molecule has 0 spiro atoms. The fourth-order valence-electron chi connectivity index (χ4n) is 2.34. The third-order valence-corrected chi connectivity index (χ3v) is 4.01. The summed E-state index contributed by atoms with van der Waals surface area (Å²) < 4.78 is 18.3. The Bertz CT molecular complexity index is 1030. The molecule has 0 aliphatic heterocycles. The number of allylic oxidation sites excluding steroid dienone is 3. The maximum atomic E-state index is 13.2. The number of ether oxygens (including phenoxy) is 1. The van der Waals surface area contributed by atoms with E-state index in [2.05, 4.69) is 35.4 Å². The number of pyridine rings is 1. The number of hydrogen-bond acceptors (Lipinski definition) is 4. The summed E-state index contributed by atoms with van der Waals surface area (Å²) in [6, 6.07) is 9.31. The highest BCUT2D eigenvalue weighted by Crippen LogP contribution is 2.15. The molecule has 0 atom stereocenters. The maximum Gasteiger partial charge on any atom is 0.269 e. The van der Waals surface area contributed by atoms with E-state index in [-0.39, 0.29) is 29.9 Å². The van der Waals surface area contributed by atoms with Crippen LogP contribution in [0.4, 0.5) is 4.39 Å². The molecule has 0 aliphatic carbocycles. The van der Waals surface area contributed by atoms with Gasteiger partial charge in [-0.3, -0.25) is 14.6 Å². The average Bonchev–Trinajstić information content (AvgIpc) is 2.71. The molecule has 2 N–H and O–H groups in total. The molecule has 0 saturated heterocycles. The largest absolute Gasteiger partial charge is 0.484 e. The molecule has 1 aromatic carbocycles. The minimum atomic E-state index is -0.803. The van der Waals surface area contributed by atoms with Gasteiger partial charge in [-0.15, -0.1) is 0 Å². The van der Waals surface area contributed by atoms with Crippen molar-refractivity contribution in [1.29, 1.82) is 0 Å². The molecule has 0 radical (unpaired) electrons. The summed E-state index contributed by atoms with van der Waals surface area (Å²) in [6.45, 7) is 10.3. The van der Waals surface area contributed by atoms with Crippen molar-refractivity contribution in [1.82, 2.24) is 15.6 Å². The van der Waals surface area contributed by atoms with Gasteiger partial charge in [0.2, 0.25) is 0 Å². The second-order valence-corrected chi connectivity index (χ2v) is 6.68. The van der Waals surface area contributed by atoms with Gasteiger partial charge in [0, 0.05) is 36.3 Å². The lowest BCUT2D eigenvalue weighted by molar-refractivity contribution is -0.123. The number of aromatic nitrogens is 1. The summed E-state index contributed by atoms with van der Waals surface area (Å²) in [4.78, 5) is 28.2. The monoisotopic (exact) mass is 429 g/mol. The first-order valence-electron chi connectivity index (χ1n) is 8.90. The molecular formula is C22H21ClFN3O3. The molecule has 6 nitrogen and oxygen atoms in total. The van der Waals surface area contributed by atoms with Crippen molar-refractivity contribution >= 4 is 34.2 Å². The first kappa shape index (κ1) is 22.8. The topological polar surface area (TPSA) is 80.3 Å². The van der Waals surface area contributed by atoms with Crippen molar-refractivity contribution in [2.45, 2.75) is 6.42 Å². The summed E-state index contributed by atoms with van der Waals surface area (Å²) in [5.74, 6) is -1.70. The van der Waals surface area contributed by atoms with Gasteiger partial charge in [0.05, 0.1) is 5.03 Å². The van der Waals surface area contributed by atoms with Gasteiger partial charge in [-0.05, 0) is 11.5 Å². The van der Waals surface area contributed by atoms with Gasteiger partial charge in [0.15, 0.2) is 6.61 Å². The van der Waals surface area contributed by atoms with Crippen molar-refractivity contribution in [2.75, 3.05) is 13.2 Å². The highest BCUT2D eigenvalue weighted by molar-refractivity contribution is 6.31. The second-order valence-electron chi connectivity index (χ2n) is 6.23. The Kier molecular flexibility index (Phi) is 8.31. The van der Waals surface area contributed by atoms with E-state index in [4.69, 9.17) is 16.3 Å². The number of amides is 2. The molecule has 156 valence electrons. The number of hydrogen-bond donors (Lipinski definition) is 2. The van der Waals surface area contributed by atoms with Gasteiger partial charge >= 0.3 is 0 Å². The molecule has 30 heavy (non-hydrogen) atoms. The van der Waals surface area contributed by atoms with Crippen LogP contribution >= 0.6 is 11.6 Å². The zero-order valence-corrected chi connectivity index (χ0v) is 17.0. The van der Waals surface area contributed by atoms with Crippen molar-refractivity contribution in [2.24, 2.45) is 0 Å². The van der Waals surface area contributed by atoms with Crippen molar-refractivity contribution in [3.8, 4) is 0 Å². The Balaban J connectivity index is 1.72. The van der Waals surface area contributed by atoms with E-state index in [0.29, 0.717) is 17.8 Å². The lowest BCUT2D eigenvalue weighted by Crippen LogP contribution is -2.30. The van der Waals surface area contributed by atoms with Crippen LogP contribution < -0.4 is 10.6 Å². The Morgan fingerprint density at radius 2 is 1.90 bits per heavy atom. The summed E-state index contributed by atoms with van der Waals surface area (Å²) in [5.41, 5.74) is 0.687. The standard InChI is InChI=1S/C22H21ClFN3O3/c1-14(27-21(28)13-30-15(2)10-19(24)16(3)23)8-9-25-22(29)20-11-17-6-4-5-7-18(17)12-26-20/h4-7,10-12H,1-3,8-9,13H2,(H,25,29)(H,27,28)/b19-10+. The van der Waals surface area contributed by atoms with Gasteiger partial charge in [-0.25, -0.2) is 4.39 Å². The van der Waals surface area contributed by atoms with Crippen LogP contribution in [0.1, 0.15) is 16.9 Å². The maximum absolute atomic E-state index is 13.2. The molecule has 0 bridgehead atoms. The van der Waals surface area contributed by atoms with Gasteiger partial charge < -0.3 is 15.4 Å². The minimum Gasteiger partial charge on any atom is -0.484 e. The fraction of sp³-hybridized carbons (Fsp3) is 0.136. The summed E-state index contributed by atoms with van der Waals surface area (Å²) in [5, 5.41) is 6.82. The van der Waals surface area contributed by atoms with E-state index < -0.39 is 11.7 Å². The number of benzene rings is 1. The number of nitrogens with one attached hydrogen (secondary N) is 2. The SMILES string of the molecule is C=C(CCNC(=O)c1cc2ccccc2cn1)NC(=O)COC(=C)/C=C(/F)C(=C)Cl. The average molecular weight is 430 g/mol. The molecule has 0 fully saturated rings. The first-order valence-corrected chi connectivity index (χ1v) is 9.28. The lowest BCUT2D eigenvalue weighted by atomic mass is 10.1. The quantitative estimate of drug-likeness (QED) is 0.439. The number of carbonyl (C=O) groups is 2. The van der Waals surface area contributed by atoms with E-state index in [0.717, 1.165) is 16.8 Å². The Morgan fingerprint density at radius 3 is 2.60 bits per heavy atom. The van der Waals surface area contributed by atoms with E-state index in [1.807, 2.05) is 24.3 Å². The zero-order chi connectivity index (χ0) is 22.1.